The standard InChI is InChI=1S/C21H25N5O4S2/c1-4-26-19(12-30-18-10-5-14(2)11-15(18)3)24-25-21(26)31-13-20(27)23-16-6-8-17(9-7-16)32(22,28)29/h5-11H,4,12-13H2,1-3H3,(H,23,27)(H2,22,28,29). The third-order valence-electron chi connectivity index (χ3n) is 4.60. The summed E-state index contributed by atoms with van der Waals surface area (Å²) in [6.45, 7) is 6.91. The summed E-state index contributed by atoms with van der Waals surface area (Å²) in [6.07, 6.45) is 0. The highest BCUT2D eigenvalue weighted by Gasteiger charge is 2.15. The van der Waals surface area contributed by atoms with Gasteiger partial charge >= 0.3 is 0 Å². The molecule has 0 aliphatic rings. The highest BCUT2D eigenvalue weighted by atomic mass is 32.2. The number of benzene rings is 2. The van der Waals surface area contributed by atoms with Gasteiger partial charge in [0.05, 0.1) is 10.6 Å². The van der Waals surface area contributed by atoms with Crippen molar-refractivity contribution in [2.75, 3.05) is 11.1 Å². The van der Waals surface area contributed by atoms with E-state index in [4.69, 9.17) is 9.88 Å². The zero-order valence-corrected chi connectivity index (χ0v) is 19.7. The average Bonchev–Trinajstić information content (AvgIpc) is 3.13. The molecule has 3 aromatic rings. The lowest BCUT2D eigenvalue weighted by Crippen LogP contribution is -2.15. The molecule has 0 fully saturated rings. The number of rotatable bonds is 9. The highest BCUT2D eigenvalue weighted by molar-refractivity contribution is 7.99. The number of hydrogen-bond donors (Lipinski definition) is 2. The van der Waals surface area contributed by atoms with E-state index in [9.17, 15) is 13.2 Å². The number of primary sulfonamides is 1. The number of nitrogens with two attached hydrogens (primary N) is 1. The van der Waals surface area contributed by atoms with Crippen molar-refractivity contribution in [2.24, 2.45) is 5.14 Å². The molecule has 0 radical (unpaired) electrons. The molecule has 0 unspecified atom stereocenters. The fourth-order valence-electron chi connectivity index (χ4n) is 3.01. The number of nitrogens with one attached hydrogen (secondary N) is 1. The third kappa shape index (κ3) is 6.09. The first-order chi connectivity index (χ1) is 15.2. The van der Waals surface area contributed by atoms with Gasteiger partial charge in [0.2, 0.25) is 15.9 Å². The van der Waals surface area contributed by atoms with E-state index in [2.05, 4.69) is 21.6 Å². The summed E-state index contributed by atoms with van der Waals surface area (Å²) in [5.74, 6) is 1.34. The van der Waals surface area contributed by atoms with E-state index >= 15 is 0 Å². The first-order valence-electron chi connectivity index (χ1n) is 9.85. The number of nitrogens with zero attached hydrogens (tertiary/aromatic N) is 3. The number of carbonyl (C=O) groups excluding carboxylic acids is 1. The number of ether oxygens (including phenoxy) is 1. The summed E-state index contributed by atoms with van der Waals surface area (Å²) in [6, 6.07) is 11.6. The second-order valence-corrected chi connectivity index (χ2v) is 9.61. The number of aryl methyl sites for hydroxylation is 2. The van der Waals surface area contributed by atoms with Gasteiger partial charge in [-0.05, 0) is 56.7 Å². The maximum Gasteiger partial charge on any atom is 0.238 e. The van der Waals surface area contributed by atoms with Crippen LogP contribution in [0.4, 0.5) is 5.69 Å². The lowest BCUT2D eigenvalue weighted by molar-refractivity contribution is -0.113. The van der Waals surface area contributed by atoms with Gasteiger partial charge < -0.3 is 14.6 Å². The van der Waals surface area contributed by atoms with E-state index in [-0.39, 0.29) is 23.2 Å². The molecule has 0 spiro atoms. The SMILES string of the molecule is CCn1c(COc2ccc(C)cc2C)nnc1SCC(=O)Nc1ccc(S(N)(=O)=O)cc1. The summed E-state index contributed by atoms with van der Waals surface area (Å²) in [5.41, 5.74) is 2.70. The van der Waals surface area contributed by atoms with Gasteiger partial charge in [0.15, 0.2) is 11.0 Å². The Kier molecular flexibility index (Phi) is 7.54. The molecule has 0 saturated carbocycles. The molecule has 0 bridgehead atoms. The van der Waals surface area contributed by atoms with Crippen molar-refractivity contribution in [3.05, 3.63) is 59.4 Å². The van der Waals surface area contributed by atoms with Crippen molar-refractivity contribution in [1.29, 1.82) is 0 Å². The van der Waals surface area contributed by atoms with Gasteiger partial charge in [-0.15, -0.1) is 10.2 Å². The second kappa shape index (κ2) is 10.2. The van der Waals surface area contributed by atoms with Crippen LogP contribution in [0.15, 0.2) is 52.5 Å². The maximum absolute atomic E-state index is 12.3. The summed E-state index contributed by atoms with van der Waals surface area (Å²) in [7, 11) is -3.77. The lowest BCUT2D eigenvalue weighted by Gasteiger charge is -2.11. The number of sulfonamides is 1. The molecule has 170 valence electrons. The normalized spacial score (nSPS) is 11.4. The molecule has 0 aliphatic heterocycles. The Bertz CT molecular complexity index is 1210. The first kappa shape index (κ1) is 23.8. The van der Waals surface area contributed by atoms with Crippen molar-refractivity contribution >= 4 is 33.4 Å². The molecule has 1 amide bonds. The fraction of sp³-hybridized carbons (Fsp3) is 0.286. The van der Waals surface area contributed by atoms with E-state index in [1.54, 1.807) is 0 Å². The molecule has 3 N–H and O–H groups in total. The van der Waals surface area contributed by atoms with Crippen LogP contribution in [0.1, 0.15) is 23.9 Å². The Balaban J connectivity index is 1.58. The zero-order chi connectivity index (χ0) is 23.3. The van der Waals surface area contributed by atoms with Crippen molar-refractivity contribution in [3.63, 3.8) is 0 Å². The lowest BCUT2D eigenvalue weighted by atomic mass is 10.1. The second-order valence-electron chi connectivity index (χ2n) is 7.11. The van der Waals surface area contributed by atoms with Crippen LogP contribution >= 0.6 is 11.8 Å². The van der Waals surface area contributed by atoms with Crippen LogP contribution in [0.5, 0.6) is 5.75 Å². The van der Waals surface area contributed by atoms with Gasteiger partial charge in [0.25, 0.3) is 0 Å². The number of anilines is 1. The van der Waals surface area contributed by atoms with Crippen LogP contribution in [-0.4, -0.2) is 34.8 Å². The van der Waals surface area contributed by atoms with Gasteiger partial charge in [-0.25, -0.2) is 13.6 Å². The van der Waals surface area contributed by atoms with Gasteiger partial charge in [-0.1, -0.05) is 29.5 Å². The maximum atomic E-state index is 12.3. The highest BCUT2D eigenvalue weighted by Crippen LogP contribution is 2.22. The Morgan fingerprint density at radius 1 is 1.16 bits per heavy atom. The van der Waals surface area contributed by atoms with Crippen LogP contribution in [0, 0.1) is 13.8 Å². The predicted molar refractivity (Wildman–Crippen MR) is 123 cm³/mol. The summed E-state index contributed by atoms with van der Waals surface area (Å²) < 4.78 is 30.4. The average molecular weight is 476 g/mol. The van der Waals surface area contributed by atoms with Gasteiger partial charge in [-0.2, -0.15) is 0 Å². The Labute approximate surface area is 191 Å². The zero-order valence-electron chi connectivity index (χ0n) is 18.0. The summed E-state index contributed by atoms with van der Waals surface area (Å²) in [5, 5.41) is 16.8. The summed E-state index contributed by atoms with van der Waals surface area (Å²) in [4.78, 5) is 12.3. The number of carbonyl (C=O) groups is 1. The smallest absolute Gasteiger partial charge is 0.238 e. The monoisotopic (exact) mass is 475 g/mol. The van der Waals surface area contributed by atoms with Crippen LogP contribution in [0.2, 0.25) is 0 Å². The molecule has 0 saturated heterocycles. The Morgan fingerprint density at radius 2 is 1.88 bits per heavy atom. The van der Waals surface area contributed by atoms with E-state index in [1.807, 2.05) is 37.5 Å². The quantitative estimate of drug-likeness (QED) is 0.455. The molecule has 0 atom stereocenters. The molecule has 1 aromatic heterocycles. The van der Waals surface area contributed by atoms with Crippen molar-refractivity contribution in [2.45, 2.75) is 44.0 Å². The van der Waals surface area contributed by atoms with Crippen molar-refractivity contribution in [1.82, 2.24) is 14.8 Å². The number of hydrogen-bond acceptors (Lipinski definition) is 7. The van der Waals surface area contributed by atoms with Gasteiger partial charge in [0.1, 0.15) is 12.4 Å². The summed E-state index contributed by atoms with van der Waals surface area (Å²) >= 11 is 1.26. The minimum absolute atomic E-state index is 0.0171. The topological polar surface area (TPSA) is 129 Å². The molecule has 0 aliphatic carbocycles. The predicted octanol–water partition coefficient (Wildman–Crippen LogP) is 2.87. The van der Waals surface area contributed by atoms with E-state index in [0.29, 0.717) is 23.2 Å². The van der Waals surface area contributed by atoms with Crippen LogP contribution in [0.3, 0.4) is 0 Å². The molecule has 3 rings (SSSR count). The van der Waals surface area contributed by atoms with Crippen molar-refractivity contribution < 1.29 is 17.9 Å². The van der Waals surface area contributed by atoms with Gasteiger partial charge in [-0.3, -0.25) is 4.79 Å². The molecule has 1 heterocycles. The van der Waals surface area contributed by atoms with E-state index < -0.39 is 10.0 Å². The molecule has 2 aromatic carbocycles. The first-order valence-corrected chi connectivity index (χ1v) is 12.4. The minimum Gasteiger partial charge on any atom is -0.485 e. The van der Waals surface area contributed by atoms with E-state index in [1.165, 1.54) is 41.6 Å². The number of amides is 1. The molecular weight excluding hydrogens is 450 g/mol. The Hall–Kier alpha value is -2.89. The third-order valence-corrected chi connectivity index (χ3v) is 6.49. The van der Waals surface area contributed by atoms with Crippen LogP contribution in [0.25, 0.3) is 0 Å². The number of aromatic nitrogens is 3. The molecular formula is C21H25N5O4S2. The van der Waals surface area contributed by atoms with E-state index in [0.717, 1.165) is 11.3 Å². The molecule has 11 heteroatoms. The largest absolute Gasteiger partial charge is 0.485 e. The van der Waals surface area contributed by atoms with Crippen molar-refractivity contribution in [3.8, 4) is 5.75 Å². The van der Waals surface area contributed by atoms with Crippen LogP contribution in [-0.2, 0) is 28.0 Å². The molecule has 32 heavy (non-hydrogen) atoms. The van der Waals surface area contributed by atoms with Crippen LogP contribution < -0.4 is 15.2 Å². The fourth-order valence-corrected chi connectivity index (χ4v) is 4.35. The Morgan fingerprint density at radius 3 is 2.50 bits per heavy atom. The molecule has 9 nitrogen and oxygen atoms in total. The van der Waals surface area contributed by atoms with Gasteiger partial charge in [0, 0.05) is 12.2 Å². The number of thioether (sulfide) groups is 1. The minimum atomic E-state index is -3.77.